The van der Waals surface area contributed by atoms with E-state index in [9.17, 15) is 9.59 Å². The van der Waals surface area contributed by atoms with Gasteiger partial charge in [-0.25, -0.2) is 4.98 Å². The van der Waals surface area contributed by atoms with E-state index >= 15 is 0 Å². The van der Waals surface area contributed by atoms with Crippen molar-refractivity contribution in [1.82, 2.24) is 15.2 Å². The summed E-state index contributed by atoms with van der Waals surface area (Å²) in [6.07, 6.45) is 2.15. The molecule has 1 aromatic heterocycles. The molecule has 0 aromatic carbocycles. The van der Waals surface area contributed by atoms with Crippen LogP contribution in [-0.2, 0) is 4.79 Å². The summed E-state index contributed by atoms with van der Waals surface area (Å²) >= 11 is 0. The first-order valence-electron chi connectivity index (χ1n) is 6.26. The molecule has 0 spiro atoms. The predicted octanol–water partition coefficient (Wildman–Crippen LogP) is 0.441. The number of piperazine rings is 1. The second kappa shape index (κ2) is 5.69. The second-order valence-corrected chi connectivity index (χ2v) is 4.27. The van der Waals surface area contributed by atoms with Crippen molar-refractivity contribution in [2.45, 2.75) is 19.4 Å². The fourth-order valence-electron chi connectivity index (χ4n) is 2.23. The largest absolute Gasteiger partial charge is 0.480 e. The Kier molecular flexibility index (Phi) is 3.99. The van der Waals surface area contributed by atoms with E-state index in [0.717, 1.165) is 0 Å². The van der Waals surface area contributed by atoms with Crippen LogP contribution in [0.5, 0.6) is 5.88 Å². The number of carbonyl (C=O) groups excluding carboxylic acids is 2. The van der Waals surface area contributed by atoms with Crippen LogP contribution in [-0.4, -0.2) is 47.9 Å². The van der Waals surface area contributed by atoms with Crippen molar-refractivity contribution in [2.75, 3.05) is 20.2 Å². The highest BCUT2D eigenvalue weighted by atomic mass is 16.5. The molecule has 0 aliphatic carbocycles. The molecular weight excluding hydrogens is 246 g/mol. The summed E-state index contributed by atoms with van der Waals surface area (Å²) in [6, 6.07) is 2.92. The second-order valence-electron chi connectivity index (χ2n) is 4.27. The highest BCUT2D eigenvalue weighted by molar-refractivity contribution is 5.99. The molecule has 2 heterocycles. The first kappa shape index (κ1) is 13.3. The molecule has 1 N–H and O–H groups in total. The fraction of sp³-hybridized carbons (Fsp3) is 0.462. The van der Waals surface area contributed by atoms with E-state index < -0.39 is 6.04 Å². The number of methoxy groups -OCH3 is 1. The Balaban J connectivity index is 2.29. The van der Waals surface area contributed by atoms with E-state index in [-0.39, 0.29) is 17.7 Å². The molecule has 1 aliphatic heterocycles. The van der Waals surface area contributed by atoms with Crippen molar-refractivity contribution in [3.8, 4) is 5.88 Å². The first-order chi connectivity index (χ1) is 9.19. The minimum Gasteiger partial charge on any atom is -0.480 e. The summed E-state index contributed by atoms with van der Waals surface area (Å²) in [6.45, 7) is 2.86. The predicted molar refractivity (Wildman–Crippen MR) is 68.9 cm³/mol. The van der Waals surface area contributed by atoms with Gasteiger partial charge in [-0.05, 0) is 18.6 Å². The van der Waals surface area contributed by atoms with Crippen LogP contribution in [0.1, 0.15) is 23.7 Å². The molecule has 1 atom stereocenters. The highest BCUT2D eigenvalue weighted by Crippen LogP contribution is 2.19. The molecule has 2 rings (SSSR count). The lowest BCUT2D eigenvalue weighted by Gasteiger charge is -2.34. The van der Waals surface area contributed by atoms with Gasteiger partial charge >= 0.3 is 0 Å². The van der Waals surface area contributed by atoms with Crippen LogP contribution in [0.25, 0.3) is 0 Å². The zero-order valence-electron chi connectivity index (χ0n) is 11.0. The Morgan fingerprint density at radius 3 is 3.11 bits per heavy atom. The maximum Gasteiger partial charge on any atom is 0.260 e. The molecular formula is C13H17N3O3. The maximum absolute atomic E-state index is 12.5. The van der Waals surface area contributed by atoms with Gasteiger partial charge in [0.05, 0.1) is 7.11 Å². The topological polar surface area (TPSA) is 71.5 Å². The summed E-state index contributed by atoms with van der Waals surface area (Å²) in [4.78, 5) is 29.9. The van der Waals surface area contributed by atoms with Gasteiger partial charge in [-0.3, -0.25) is 9.59 Å². The maximum atomic E-state index is 12.5. The summed E-state index contributed by atoms with van der Waals surface area (Å²) in [5.74, 6) is -0.0371. The standard InChI is InChI=1S/C13H17N3O3/c1-3-10-11(17)14-7-8-16(10)13(18)9-5-4-6-15-12(9)19-2/h4-6,10H,3,7-8H2,1-2H3,(H,14,17). The lowest BCUT2D eigenvalue weighted by molar-refractivity contribution is -0.127. The molecule has 1 unspecified atom stereocenters. The Morgan fingerprint density at radius 1 is 1.63 bits per heavy atom. The average molecular weight is 263 g/mol. The van der Waals surface area contributed by atoms with Crippen molar-refractivity contribution in [3.05, 3.63) is 23.9 Å². The van der Waals surface area contributed by atoms with Crippen LogP contribution >= 0.6 is 0 Å². The number of hydrogen-bond acceptors (Lipinski definition) is 4. The van der Waals surface area contributed by atoms with Gasteiger partial charge < -0.3 is 15.0 Å². The molecule has 1 aliphatic rings. The third kappa shape index (κ3) is 2.52. The number of amides is 2. The number of rotatable bonds is 3. The molecule has 1 aromatic rings. The molecule has 1 fully saturated rings. The molecule has 0 saturated carbocycles. The lowest BCUT2D eigenvalue weighted by Crippen LogP contribution is -2.56. The Bertz CT molecular complexity index is 490. The van der Waals surface area contributed by atoms with Gasteiger partial charge in [0, 0.05) is 19.3 Å². The summed E-state index contributed by atoms with van der Waals surface area (Å²) in [7, 11) is 1.47. The van der Waals surface area contributed by atoms with Crippen LogP contribution in [0, 0.1) is 0 Å². The van der Waals surface area contributed by atoms with Crippen LogP contribution in [0.15, 0.2) is 18.3 Å². The van der Waals surface area contributed by atoms with Gasteiger partial charge in [-0.2, -0.15) is 0 Å². The van der Waals surface area contributed by atoms with E-state index in [4.69, 9.17) is 4.74 Å². The number of carbonyl (C=O) groups is 2. The summed E-state index contributed by atoms with van der Waals surface area (Å²) in [5, 5.41) is 2.77. The van der Waals surface area contributed by atoms with E-state index in [1.165, 1.54) is 7.11 Å². The first-order valence-corrected chi connectivity index (χ1v) is 6.26. The zero-order chi connectivity index (χ0) is 13.8. The Morgan fingerprint density at radius 2 is 2.42 bits per heavy atom. The van der Waals surface area contributed by atoms with E-state index in [1.54, 1.807) is 23.2 Å². The van der Waals surface area contributed by atoms with Crippen molar-refractivity contribution in [1.29, 1.82) is 0 Å². The van der Waals surface area contributed by atoms with Gasteiger partial charge in [0.15, 0.2) is 0 Å². The van der Waals surface area contributed by atoms with Gasteiger partial charge in [0.25, 0.3) is 5.91 Å². The summed E-state index contributed by atoms with van der Waals surface area (Å²) in [5.41, 5.74) is 0.387. The van der Waals surface area contributed by atoms with Crippen molar-refractivity contribution >= 4 is 11.8 Å². The molecule has 0 bridgehead atoms. The number of aromatic nitrogens is 1. The van der Waals surface area contributed by atoms with Crippen LogP contribution in [0.4, 0.5) is 0 Å². The van der Waals surface area contributed by atoms with Gasteiger partial charge in [-0.15, -0.1) is 0 Å². The van der Waals surface area contributed by atoms with E-state index in [0.29, 0.717) is 25.1 Å². The van der Waals surface area contributed by atoms with Crippen molar-refractivity contribution in [3.63, 3.8) is 0 Å². The van der Waals surface area contributed by atoms with Crippen LogP contribution in [0.3, 0.4) is 0 Å². The number of ether oxygens (including phenoxy) is 1. The van der Waals surface area contributed by atoms with Crippen molar-refractivity contribution in [2.24, 2.45) is 0 Å². The minimum atomic E-state index is -0.425. The highest BCUT2D eigenvalue weighted by Gasteiger charge is 2.33. The number of hydrogen-bond donors (Lipinski definition) is 1. The SMILES string of the molecule is CCC1C(=O)NCCN1C(=O)c1cccnc1OC. The summed E-state index contributed by atoms with van der Waals surface area (Å²) < 4.78 is 5.09. The van der Waals surface area contributed by atoms with Gasteiger partial charge in [-0.1, -0.05) is 6.92 Å². The van der Waals surface area contributed by atoms with Crippen LogP contribution in [0.2, 0.25) is 0 Å². The van der Waals surface area contributed by atoms with E-state index in [1.807, 2.05) is 6.92 Å². The molecule has 19 heavy (non-hydrogen) atoms. The third-order valence-electron chi connectivity index (χ3n) is 3.17. The van der Waals surface area contributed by atoms with Gasteiger partial charge in [0.2, 0.25) is 11.8 Å². The Labute approximate surface area is 111 Å². The van der Waals surface area contributed by atoms with Crippen LogP contribution < -0.4 is 10.1 Å². The monoisotopic (exact) mass is 263 g/mol. The van der Waals surface area contributed by atoms with Gasteiger partial charge in [0.1, 0.15) is 11.6 Å². The molecule has 2 amide bonds. The molecule has 102 valence electrons. The number of nitrogens with one attached hydrogen (secondary N) is 1. The quantitative estimate of drug-likeness (QED) is 0.859. The zero-order valence-corrected chi connectivity index (χ0v) is 11.0. The minimum absolute atomic E-state index is 0.107. The van der Waals surface area contributed by atoms with Crippen molar-refractivity contribution < 1.29 is 14.3 Å². The smallest absolute Gasteiger partial charge is 0.260 e. The fourth-order valence-corrected chi connectivity index (χ4v) is 2.23. The third-order valence-corrected chi connectivity index (χ3v) is 3.17. The normalized spacial score (nSPS) is 18.9. The average Bonchev–Trinajstić information content (AvgIpc) is 2.46. The van der Waals surface area contributed by atoms with E-state index in [2.05, 4.69) is 10.3 Å². The number of nitrogens with zero attached hydrogens (tertiary/aromatic N) is 2. The number of pyridine rings is 1. The molecule has 6 heteroatoms. The molecule has 6 nitrogen and oxygen atoms in total. The lowest BCUT2D eigenvalue weighted by atomic mass is 10.1. The molecule has 1 saturated heterocycles. The molecule has 0 radical (unpaired) electrons. The Hall–Kier alpha value is -2.11.